The van der Waals surface area contributed by atoms with Crippen LogP contribution in [0.1, 0.15) is 5.56 Å². The van der Waals surface area contributed by atoms with E-state index in [0.717, 1.165) is 12.1 Å². The van der Waals surface area contributed by atoms with E-state index in [1.807, 2.05) is 49.3 Å². The van der Waals surface area contributed by atoms with Crippen molar-refractivity contribution in [3.63, 3.8) is 0 Å². The van der Waals surface area contributed by atoms with Crippen molar-refractivity contribution in [2.75, 3.05) is 27.2 Å². The fraction of sp³-hybridized carbons (Fsp3) is 0.308. The average Bonchev–Trinajstić information content (AvgIpc) is 2.27. The van der Waals surface area contributed by atoms with Crippen molar-refractivity contribution < 1.29 is 9.53 Å². The zero-order valence-electron chi connectivity index (χ0n) is 10.1. The minimum atomic E-state index is -0.300. The van der Waals surface area contributed by atoms with Gasteiger partial charge in [0, 0.05) is 12.6 Å². The van der Waals surface area contributed by atoms with Crippen LogP contribution < -0.4 is 0 Å². The summed E-state index contributed by atoms with van der Waals surface area (Å²) in [5.41, 5.74) is 0.993. The molecule has 0 aromatic heterocycles. The van der Waals surface area contributed by atoms with Gasteiger partial charge in [-0.05, 0) is 25.7 Å². The summed E-state index contributed by atoms with van der Waals surface area (Å²) in [5.74, 6) is -0.300. The Morgan fingerprint density at radius 2 is 1.94 bits per heavy atom. The molecule has 0 heterocycles. The Balaban J connectivity index is 0.00000256. The molecule has 1 aromatic carbocycles. The molecule has 0 aliphatic rings. The summed E-state index contributed by atoms with van der Waals surface area (Å²) in [6, 6.07) is 9.66. The quantitative estimate of drug-likeness (QED) is 0.618. The predicted octanol–water partition coefficient (Wildman–Crippen LogP) is 2.38. The van der Waals surface area contributed by atoms with E-state index >= 15 is 0 Å². The normalized spacial score (nSPS) is 10.3. The Bertz CT molecular complexity index is 350. The second kappa shape index (κ2) is 8.96. The lowest BCUT2D eigenvalue weighted by Gasteiger charge is -2.08. The van der Waals surface area contributed by atoms with Gasteiger partial charge >= 0.3 is 5.97 Å². The summed E-state index contributed by atoms with van der Waals surface area (Å²) in [5, 5.41) is 0. The van der Waals surface area contributed by atoms with Gasteiger partial charge in [0.25, 0.3) is 0 Å². The number of ether oxygens (including phenoxy) is 1. The molecule has 94 valence electrons. The molecule has 0 N–H and O–H groups in total. The van der Waals surface area contributed by atoms with Gasteiger partial charge in [-0.25, -0.2) is 4.79 Å². The minimum Gasteiger partial charge on any atom is -0.461 e. The fourth-order valence-corrected chi connectivity index (χ4v) is 1.11. The molecule has 0 amide bonds. The van der Waals surface area contributed by atoms with E-state index in [2.05, 4.69) is 0 Å². The average molecular weight is 300 g/mol. The highest BCUT2D eigenvalue weighted by Gasteiger charge is 1.97. The Hall–Kier alpha value is -1.13. The van der Waals surface area contributed by atoms with Crippen LogP contribution in [-0.4, -0.2) is 38.1 Å². The molecule has 0 atom stereocenters. The van der Waals surface area contributed by atoms with E-state index in [9.17, 15) is 4.79 Å². The maximum Gasteiger partial charge on any atom is 0.330 e. The summed E-state index contributed by atoms with van der Waals surface area (Å²) in [6.45, 7) is 1.16. The molecular weight excluding hydrogens is 282 g/mol. The second-order valence-corrected chi connectivity index (χ2v) is 3.71. The molecular formula is C13H18BrNO2. The summed E-state index contributed by atoms with van der Waals surface area (Å²) < 4.78 is 5.01. The molecule has 0 spiro atoms. The van der Waals surface area contributed by atoms with Gasteiger partial charge in [0.15, 0.2) is 0 Å². The van der Waals surface area contributed by atoms with Crippen molar-refractivity contribution in [2.24, 2.45) is 0 Å². The first-order valence-corrected chi connectivity index (χ1v) is 5.23. The number of hydrogen-bond acceptors (Lipinski definition) is 3. The van der Waals surface area contributed by atoms with E-state index in [0.29, 0.717) is 6.61 Å². The number of carbonyl (C=O) groups excluding carboxylic acids is 1. The third kappa shape index (κ3) is 7.71. The zero-order valence-corrected chi connectivity index (χ0v) is 11.8. The van der Waals surface area contributed by atoms with Crippen LogP contribution in [-0.2, 0) is 9.53 Å². The number of hydrogen-bond donors (Lipinski definition) is 0. The first-order valence-electron chi connectivity index (χ1n) is 5.23. The van der Waals surface area contributed by atoms with Crippen LogP contribution >= 0.6 is 17.0 Å². The van der Waals surface area contributed by atoms with E-state index in [4.69, 9.17) is 4.74 Å². The van der Waals surface area contributed by atoms with Crippen molar-refractivity contribution in [1.82, 2.24) is 4.90 Å². The highest BCUT2D eigenvalue weighted by molar-refractivity contribution is 8.93. The number of rotatable bonds is 5. The van der Waals surface area contributed by atoms with Gasteiger partial charge in [-0.3, -0.25) is 0 Å². The lowest BCUT2D eigenvalue weighted by molar-refractivity contribution is -0.137. The van der Waals surface area contributed by atoms with Gasteiger partial charge in [-0.15, -0.1) is 17.0 Å². The SMILES string of the molecule is Br.CN(C)CCOC(=O)C=Cc1ccccc1. The van der Waals surface area contributed by atoms with E-state index in [1.165, 1.54) is 6.08 Å². The Morgan fingerprint density at radius 1 is 1.29 bits per heavy atom. The van der Waals surface area contributed by atoms with Crippen molar-refractivity contribution in [3.05, 3.63) is 42.0 Å². The second-order valence-electron chi connectivity index (χ2n) is 3.71. The van der Waals surface area contributed by atoms with Gasteiger partial charge in [0.2, 0.25) is 0 Å². The van der Waals surface area contributed by atoms with Crippen molar-refractivity contribution in [2.45, 2.75) is 0 Å². The molecule has 0 unspecified atom stereocenters. The van der Waals surface area contributed by atoms with Crippen molar-refractivity contribution in [3.8, 4) is 0 Å². The van der Waals surface area contributed by atoms with Gasteiger partial charge in [0.05, 0.1) is 0 Å². The van der Waals surface area contributed by atoms with Crippen LogP contribution in [0.3, 0.4) is 0 Å². The first-order chi connectivity index (χ1) is 7.68. The van der Waals surface area contributed by atoms with E-state index in [1.54, 1.807) is 6.08 Å². The van der Waals surface area contributed by atoms with Crippen LogP contribution in [0.5, 0.6) is 0 Å². The van der Waals surface area contributed by atoms with Gasteiger partial charge < -0.3 is 9.64 Å². The number of benzene rings is 1. The van der Waals surface area contributed by atoms with E-state index in [-0.39, 0.29) is 23.0 Å². The molecule has 0 bridgehead atoms. The molecule has 17 heavy (non-hydrogen) atoms. The molecule has 1 aromatic rings. The maximum atomic E-state index is 11.3. The molecule has 0 aliphatic heterocycles. The van der Waals surface area contributed by atoms with E-state index < -0.39 is 0 Å². The Morgan fingerprint density at radius 3 is 2.53 bits per heavy atom. The zero-order chi connectivity index (χ0) is 11.8. The van der Waals surface area contributed by atoms with Gasteiger partial charge in [0.1, 0.15) is 6.61 Å². The topological polar surface area (TPSA) is 29.5 Å². The van der Waals surface area contributed by atoms with Crippen LogP contribution in [0.2, 0.25) is 0 Å². The molecule has 3 nitrogen and oxygen atoms in total. The molecule has 0 fully saturated rings. The van der Waals surface area contributed by atoms with Crippen LogP contribution in [0.15, 0.2) is 36.4 Å². The number of esters is 1. The van der Waals surface area contributed by atoms with Crippen LogP contribution in [0, 0.1) is 0 Å². The smallest absolute Gasteiger partial charge is 0.330 e. The molecule has 0 saturated heterocycles. The summed E-state index contributed by atoms with van der Waals surface area (Å²) in [4.78, 5) is 13.2. The Labute approximate surface area is 113 Å². The standard InChI is InChI=1S/C13H17NO2.BrH/c1-14(2)10-11-16-13(15)9-8-12-6-4-3-5-7-12;/h3-9H,10-11H2,1-2H3;1H. The summed E-state index contributed by atoms with van der Waals surface area (Å²) in [6.07, 6.45) is 3.20. The maximum absolute atomic E-state index is 11.3. The molecule has 0 saturated carbocycles. The summed E-state index contributed by atoms with van der Waals surface area (Å²) in [7, 11) is 3.88. The first kappa shape index (κ1) is 15.9. The number of halogens is 1. The summed E-state index contributed by atoms with van der Waals surface area (Å²) >= 11 is 0. The highest BCUT2D eigenvalue weighted by Crippen LogP contribution is 2.00. The highest BCUT2D eigenvalue weighted by atomic mass is 79.9. The minimum absolute atomic E-state index is 0. The fourth-order valence-electron chi connectivity index (χ4n) is 1.11. The predicted molar refractivity (Wildman–Crippen MR) is 75.3 cm³/mol. The lowest BCUT2D eigenvalue weighted by atomic mass is 10.2. The molecule has 4 heteroatoms. The van der Waals surface area contributed by atoms with Gasteiger partial charge in [-0.1, -0.05) is 30.3 Å². The molecule has 1 rings (SSSR count). The number of nitrogens with zero attached hydrogens (tertiary/aromatic N) is 1. The van der Waals surface area contributed by atoms with Crippen LogP contribution in [0.4, 0.5) is 0 Å². The Kier molecular flexibility index (Phi) is 8.36. The molecule has 0 aliphatic carbocycles. The monoisotopic (exact) mass is 299 g/mol. The number of carbonyl (C=O) groups is 1. The largest absolute Gasteiger partial charge is 0.461 e. The number of likely N-dealkylation sites (N-methyl/N-ethyl adjacent to an activating group) is 1. The third-order valence-corrected chi connectivity index (χ3v) is 1.99. The van der Waals surface area contributed by atoms with Gasteiger partial charge in [-0.2, -0.15) is 0 Å². The third-order valence-electron chi connectivity index (χ3n) is 1.99. The van der Waals surface area contributed by atoms with Crippen molar-refractivity contribution >= 4 is 29.0 Å². The lowest BCUT2D eigenvalue weighted by Crippen LogP contribution is -2.19. The molecule has 0 radical (unpaired) electrons. The van der Waals surface area contributed by atoms with Crippen LogP contribution in [0.25, 0.3) is 6.08 Å². The van der Waals surface area contributed by atoms with Crippen molar-refractivity contribution in [1.29, 1.82) is 0 Å².